The fourth-order valence-corrected chi connectivity index (χ4v) is 4.74. The van der Waals surface area contributed by atoms with E-state index in [1.165, 1.54) is 19.3 Å². The topological polar surface area (TPSA) is 92.2 Å². The lowest BCUT2D eigenvalue weighted by molar-refractivity contribution is 0.0910. The van der Waals surface area contributed by atoms with E-state index in [0.29, 0.717) is 18.9 Å². The van der Waals surface area contributed by atoms with Crippen molar-refractivity contribution >= 4 is 11.9 Å². The van der Waals surface area contributed by atoms with Gasteiger partial charge in [-0.3, -0.25) is 4.79 Å². The summed E-state index contributed by atoms with van der Waals surface area (Å²) in [7, 11) is 0. The summed E-state index contributed by atoms with van der Waals surface area (Å²) in [5, 5.41) is 14.6. The number of nitrogens with zero attached hydrogens (tertiary/aromatic N) is 4. The summed E-state index contributed by atoms with van der Waals surface area (Å²) in [5.41, 5.74) is -0.0144. The van der Waals surface area contributed by atoms with Gasteiger partial charge in [0.25, 0.3) is 5.91 Å². The van der Waals surface area contributed by atoms with E-state index in [4.69, 9.17) is 0 Å². The van der Waals surface area contributed by atoms with Gasteiger partial charge in [0.05, 0.1) is 0 Å². The number of urea groups is 1. The Hall–Kier alpha value is -2.12. The van der Waals surface area contributed by atoms with Gasteiger partial charge in [-0.25, -0.2) is 4.79 Å². The Morgan fingerprint density at radius 3 is 2.67 bits per heavy atom. The molecule has 2 aliphatic heterocycles. The Kier molecular flexibility index (Phi) is 4.82. The lowest BCUT2D eigenvalue weighted by atomic mass is 9.86. The van der Waals surface area contributed by atoms with Crippen molar-refractivity contribution in [2.24, 2.45) is 5.41 Å². The second-order valence-electron chi connectivity index (χ2n) is 8.79. The van der Waals surface area contributed by atoms with Gasteiger partial charge in [-0.05, 0) is 33.1 Å². The average molecular weight is 374 g/mol. The van der Waals surface area contributed by atoms with Gasteiger partial charge in [-0.15, -0.1) is 10.2 Å². The molecule has 3 amide bonds. The van der Waals surface area contributed by atoms with Gasteiger partial charge in [-0.1, -0.05) is 19.3 Å². The van der Waals surface area contributed by atoms with Crippen molar-refractivity contribution in [3.8, 4) is 0 Å². The van der Waals surface area contributed by atoms with Gasteiger partial charge in [0.1, 0.15) is 5.82 Å². The third kappa shape index (κ3) is 3.66. The van der Waals surface area contributed by atoms with E-state index in [1.807, 2.05) is 23.3 Å². The maximum atomic E-state index is 12.7. The van der Waals surface area contributed by atoms with E-state index in [9.17, 15) is 9.59 Å². The summed E-state index contributed by atoms with van der Waals surface area (Å²) in [6.07, 6.45) is 7.44. The Morgan fingerprint density at radius 1 is 1.15 bits per heavy atom. The molecule has 27 heavy (non-hydrogen) atoms. The highest BCUT2D eigenvalue weighted by molar-refractivity contribution is 5.91. The van der Waals surface area contributed by atoms with Crippen LogP contribution in [0.25, 0.3) is 0 Å². The molecule has 0 unspecified atom stereocenters. The number of nitrogens with one attached hydrogen (secondary N) is 2. The van der Waals surface area contributed by atoms with Crippen molar-refractivity contribution < 1.29 is 9.59 Å². The summed E-state index contributed by atoms with van der Waals surface area (Å²) in [6.45, 7) is 6.11. The van der Waals surface area contributed by atoms with E-state index in [-0.39, 0.29) is 29.4 Å². The van der Waals surface area contributed by atoms with Crippen LogP contribution in [0.4, 0.5) is 4.79 Å². The molecule has 0 bridgehead atoms. The fourth-order valence-electron chi connectivity index (χ4n) is 4.74. The Morgan fingerprint density at radius 2 is 1.93 bits per heavy atom. The minimum absolute atomic E-state index is 0.000180. The maximum absolute atomic E-state index is 12.7. The number of rotatable bonds is 3. The van der Waals surface area contributed by atoms with Crippen LogP contribution in [-0.2, 0) is 13.0 Å². The molecule has 8 nitrogen and oxygen atoms in total. The predicted octanol–water partition coefficient (Wildman–Crippen LogP) is 1.71. The standard InChI is InChI=1S/C19H30N6O2/c1-13(2)20-18(27)24-9-8-19(11-24)10-15-22-23-16(25(15)12-19)17(26)21-14-6-4-3-5-7-14/h13-14H,3-12H2,1-2H3,(H,20,27)(H,21,26)/t19-/m0/s1. The first-order valence-corrected chi connectivity index (χ1v) is 10.2. The highest BCUT2D eigenvalue weighted by Crippen LogP contribution is 2.40. The van der Waals surface area contributed by atoms with Crippen LogP contribution in [0, 0.1) is 5.41 Å². The fraction of sp³-hybridized carbons (Fsp3) is 0.789. The van der Waals surface area contributed by atoms with Crippen molar-refractivity contribution in [3.63, 3.8) is 0 Å². The number of carbonyl (C=O) groups excluding carboxylic acids is 2. The van der Waals surface area contributed by atoms with Gasteiger partial charge in [0.2, 0.25) is 5.82 Å². The van der Waals surface area contributed by atoms with Gasteiger partial charge < -0.3 is 20.1 Å². The number of amides is 3. The number of hydrogen-bond acceptors (Lipinski definition) is 4. The maximum Gasteiger partial charge on any atom is 0.317 e. The zero-order valence-corrected chi connectivity index (χ0v) is 16.3. The Labute approximate surface area is 160 Å². The number of hydrogen-bond donors (Lipinski definition) is 2. The van der Waals surface area contributed by atoms with Gasteiger partial charge in [0.15, 0.2) is 0 Å². The van der Waals surface area contributed by atoms with Crippen molar-refractivity contribution in [2.75, 3.05) is 13.1 Å². The van der Waals surface area contributed by atoms with Crippen molar-refractivity contribution in [1.29, 1.82) is 0 Å². The second-order valence-corrected chi connectivity index (χ2v) is 8.79. The first kappa shape index (κ1) is 18.3. The number of likely N-dealkylation sites (tertiary alicyclic amines) is 1. The Balaban J connectivity index is 1.41. The molecule has 8 heteroatoms. The van der Waals surface area contributed by atoms with Crippen molar-refractivity contribution in [1.82, 2.24) is 30.3 Å². The predicted molar refractivity (Wildman–Crippen MR) is 100 cm³/mol. The molecule has 2 fully saturated rings. The second kappa shape index (κ2) is 7.13. The van der Waals surface area contributed by atoms with E-state index >= 15 is 0 Å². The summed E-state index contributed by atoms with van der Waals surface area (Å²) in [4.78, 5) is 26.9. The molecule has 4 rings (SSSR count). The number of aromatic nitrogens is 3. The van der Waals surface area contributed by atoms with E-state index in [2.05, 4.69) is 20.8 Å². The summed E-state index contributed by atoms with van der Waals surface area (Å²) >= 11 is 0. The van der Waals surface area contributed by atoms with Gasteiger partial charge >= 0.3 is 6.03 Å². The SMILES string of the molecule is CC(C)NC(=O)N1CC[C@]2(Cc3nnc(C(=O)NC4CCCCC4)n3C2)C1. The number of carbonyl (C=O) groups is 2. The third-order valence-corrected chi connectivity index (χ3v) is 6.14. The first-order chi connectivity index (χ1) is 13.0. The zero-order valence-electron chi connectivity index (χ0n) is 16.3. The lowest BCUT2D eigenvalue weighted by Crippen LogP contribution is -2.43. The highest BCUT2D eigenvalue weighted by atomic mass is 16.2. The molecule has 0 radical (unpaired) electrons. The van der Waals surface area contributed by atoms with Crippen LogP contribution in [0.15, 0.2) is 0 Å². The molecular weight excluding hydrogens is 344 g/mol. The molecule has 1 aromatic rings. The summed E-state index contributed by atoms with van der Waals surface area (Å²) < 4.78 is 1.97. The van der Waals surface area contributed by atoms with Crippen LogP contribution in [0.5, 0.6) is 0 Å². The normalized spacial score (nSPS) is 25.2. The molecule has 1 aromatic heterocycles. The first-order valence-electron chi connectivity index (χ1n) is 10.2. The molecule has 3 aliphatic rings. The van der Waals surface area contributed by atoms with E-state index < -0.39 is 0 Å². The van der Waals surface area contributed by atoms with Crippen molar-refractivity contribution in [3.05, 3.63) is 11.6 Å². The molecule has 1 spiro atoms. The molecule has 3 heterocycles. The monoisotopic (exact) mass is 374 g/mol. The summed E-state index contributed by atoms with van der Waals surface area (Å²) in [5.74, 6) is 1.19. The van der Waals surface area contributed by atoms with E-state index in [0.717, 1.165) is 38.1 Å². The highest BCUT2D eigenvalue weighted by Gasteiger charge is 2.46. The lowest BCUT2D eigenvalue weighted by Gasteiger charge is -2.24. The van der Waals surface area contributed by atoms with Gasteiger partial charge in [-0.2, -0.15) is 0 Å². The number of fused-ring (bicyclic) bond motifs is 1. The van der Waals surface area contributed by atoms with Crippen LogP contribution >= 0.6 is 0 Å². The molecule has 1 saturated carbocycles. The Bertz CT molecular complexity index is 724. The molecule has 0 aromatic carbocycles. The van der Waals surface area contributed by atoms with Crippen LogP contribution in [0.1, 0.15) is 68.8 Å². The molecule has 148 valence electrons. The van der Waals surface area contributed by atoms with Gasteiger partial charge in [0, 0.05) is 43.6 Å². The summed E-state index contributed by atoms with van der Waals surface area (Å²) in [6, 6.07) is 0.392. The minimum Gasteiger partial charge on any atom is -0.347 e. The average Bonchev–Trinajstić information content (AvgIpc) is 3.30. The van der Waals surface area contributed by atoms with Crippen LogP contribution < -0.4 is 10.6 Å². The minimum atomic E-state index is -0.106. The molecular formula is C19H30N6O2. The van der Waals surface area contributed by atoms with E-state index in [1.54, 1.807) is 0 Å². The zero-order chi connectivity index (χ0) is 19.0. The molecule has 2 N–H and O–H groups in total. The van der Waals surface area contributed by atoms with Crippen LogP contribution in [0.3, 0.4) is 0 Å². The quantitative estimate of drug-likeness (QED) is 0.842. The molecule has 1 atom stereocenters. The smallest absolute Gasteiger partial charge is 0.317 e. The largest absolute Gasteiger partial charge is 0.347 e. The molecule has 1 aliphatic carbocycles. The van der Waals surface area contributed by atoms with Crippen molar-refractivity contribution in [2.45, 2.75) is 77.4 Å². The van der Waals surface area contributed by atoms with Crippen LogP contribution in [-0.4, -0.2) is 56.8 Å². The molecule has 1 saturated heterocycles. The van der Waals surface area contributed by atoms with Crippen LogP contribution in [0.2, 0.25) is 0 Å². The third-order valence-electron chi connectivity index (χ3n) is 6.14.